The molecule has 112 valence electrons. The number of nitrogens with one attached hydrogen (secondary N) is 1. The van der Waals surface area contributed by atoms with Crippen LogP contribution in [0, 0.1) is 5.82 Å². The van der Waals surface area contributed by atoms with Crippen LogP contribution in [0.5, 0.6) is 0 Å². The van der Waals surface area contributed by atoms with Crippen LogP contribution < -0.4 is 5.32 Å². The summed E-state index contributed by atoms with van der Waals surface area (Å²) in [6, 6.07) is 2.80. The summed E-state index contributed by atoms with van der Waals surface area (Å²) in [6.07, 6.45) is -2.88. The fraction of sp³-hybridized carbons (Fsp3) is 0.571. The van der Waals surface area contributed by atoms with Gasteiger partial charge in [0.25, 0.3) is 0 Å². The molecule has 2 nitrogen and oxygen atoms in total. The molecular formula is C14H18F4N2. The predicted molar refractivity (Wildman–Crippen MR) is 70.1 cm³/mol. The molecule has 6 heteroatoms. The van der Waals surface area contributed by atoms with Gasteiger partial charge in [-0.05, 0) is 45.0 Å². The van der Waals surface area contributed by atoms with Gasteiger partial charge < -0.3 is 10.2 Å². The summed E-state index contributed by atoms with van der Waals surface area (Å²) in [6.45, 7) is 2.90. The number of hydrogen-bond donors (Lipinski definition) is 1. The Morgan fingerprint density at radius 2 is 2.00 bits per heavy atom. The van der Waals surface area contributed by atoms with Gasteiger partial charge in [0.15, 0.2) is 0 Å². The Morgan fingerprint density at radius 3 is 2.60 bits per heavy atom. The first-order chi connectivity index (χ1) is 9.27. The highest BCUT2D eigenvalue weighted by Gasteiger charge is 2.31. The van der Waals surface area contributed by atoms with E-state index in [0.717, 1.165) is 37.6 Å². The van der Waals surface area contributed by atoms with Crippen molar-refractivity contribution in [3.8, 4) is 0 Å². The number of hydrogen-bond acceptors (Lipinski definition) is 2. The molecule has 2 atom stereocenters. The Kier molecular flexibility index (Phi) is 4.22. The highest BCUT2D eigenvalue weighted by atomic mass is 19.4. The summed E-state index contributed by atoms with van der Waals surface area (Å²) >= 11 is 0. The third kappa shape index (κ3) is 3.42. The SMILES string of the molecule is CC1CC(Nc2cc(C(F)(F)F)ccc2F)CCN1C. The fourth-order valence-electron chi connectivity index (χ4n) is 2.45. The summed E-state index contributed by atoms with van der Waals surface area (Å²) in [5.41, 5.74) is -0.899. The van der Waals surface area contributed by atoms with E-state index in [4.69, 9.17) is 0 Å². The Balaban J connectivity index is 2.13. The van der Waals surface area contributed by atoms with E-state index < -0.39 is 17.6 Å². The second-order valence-electron chi connectivity index (χ2n) is 5.39. The van der Waals surface area contributed by atoms with Gasteiger partial charge in [0.05, 0.1) is 11.3 Å². The lowest BCUT2D eigenvalue weighted by Gasteiger charge is -2.35. The van der Waals surface area contributed by atoms with Crippen LogP contribution in [0.2, 0.25) is 0 Å². The summed E-state index contributed by atoms with van der Waals surface area (Å²) in [7, 11) is 2.01. The third-order valence-corrected chi connectivity index (χ3v) is 3.86. The molecule has 0 aliphatic carbocycles. The summed E-state index contributed by atoms with van der Waals surface area (Å²) in [4.78, 5) is 2.18. The molecule has 0 saturated carbocycles. The molecule has 1 fully saturated rings. The Labute approximate surface area is 115 Å². The van der Waals surface area contributed by atoms with Crippen molar-refractivity contribution in [2.45, 2.75) is 38.0 Å². The van der Waals surface area contributed by atoms with Crippen LogP contribution in [0.15, 0.2) is 18.2 Å². The van der Waals surface area contributed by atoms with Crippen molar-refractivity contribution in [1.29, 1.82) is 0 Å². The van der Waals surface area contributed by atoms with Gasteiger partial charge in [-0.15, -0.1) is 0 Å². The first-order valence-corrected chi connectivity index (χ1v) is 6.61. The molecule has 0 amide bonds. The first-order valence-electron chi connectivity index (χ1n) is 6.61. The van der Waals surface area contributed by atoms with E-state index >= 15 is 0 Å². The first kappa shape index (κ1) is 15.1. The minimum absolute atomic E-state index is 0.000756. The topological polar surface area (TPSA) is 15.3 Å². The number of benzene rings is 1. The monoisotopic (exact) mass is 290 g/mol. The average molecular weight is 290 g/mol. The lowest BCUT2D eigenvalue weighted by molar-refractivity contribution is -0.137. The molecule has 20 heavy (non-hydrogen) atoms. The third-order valence-electron chi connectivity index (χ3n) is 3.86. The van der Waals surface area contributed by atoms with Crippen LogP contribution in [0.4, 0.5) is 23.2 Å². The predicted octanol–water partition coefficient (Wildman–Crippen LogP) is 3.74. The maximum absolute atomic E-state index is 13.6. The maximum Gasteiger partial charge on any atom is 0.416 e. The molecule has 1 aliphatic rings. The van der Waals surface area contributed by atoms with Crippen LogP contribution >= 0.6 is 0 Å². The molecule has 1 N–H and O–H groups in total. The maximum atomic E-state index is 13.6. The lowest BCUT2D eigenvalue weighted by Crippen LogP contribution is -2.42. The lowest BCUT2D eigenvalue weighted by atomic mass is 9.98. The van der Waals surface area contributed by atoms with Crippen molar-refractivity contribution in [2.75, 3.05) is 18.9 Å². The van der Waals surface area contributed by atoms with Gasteiger partial charge in [0, 0.05) is 18.6 Å². The van der Waals surface area contributed by atoms with Crippen LogP contribution in [-0.4, -0.2) is 30.6 Å². The van der Waals surface area contributed by atoms with Crippen LogP contribution in [0.3, 0.4) is 0 Å². The number of halogens is 4. The van der Waals surface area contributed by atoms with E-state index in [9.17, 15) is 17.6 Å². The molecule has 2 rings (SSSR count). The molecule has 0 bridgehead atoms. The van der Waals surface area contributed by atoms with Gasteiger partial charge in [-0.3, -0.25) is 0 Å². The van der Waals surface area contributed by atoms with Crippen molar-refractivity contribution < 1.29 is 17.6 Å². The minimum atomic E-state index is -4.45. The van der Waals surface area contributed by atoms with E-state index in [1.54, 1.807) is 0 Å². The van der Waals surface area contributed by atoms with E-state index in [1.807, 2.05) is 7.05 Å². The molecule has 0 radical (unpaired) electrons. The normalized spacial score (nSPS) is 24.7. The standard InChI is InChI=1S/C14H18F4N2/c1-9-7-11(5-6-20(9)2)19-13-8-10(14(16,17)18)3-4-12(13)15/h3-4,8-9,11,19H,5-7H2,1-2H3. The van der Waals surface area contributed by atoms with Crippen molar-refractivity contribution >= 4 is 5.69 Å². The average Bonchev–Trinajstić information content (AvgIpc) is 2.35. The summed E-state index contributed by atoms with van der Waals surface area (Å²) < 4.78 is 51.6. The Bertz CT molecular complexity index is 473. The van der Waals surface area contributed by atoms with Gasteiger partial charge >= 0.3 is 6.18 Å². The second-order valence-corrected chi connectivity index (χ2v) is 5.39. The number of piperidine rings is 1. The van der Waals surface area contributed by atoms with Crippen molar-refractivity contribution in [2.24, 2.45) is 0 Å². The van der Waals surface area contributed by atoms with Gasteiger partial charge in [0.1, 0.15) is 5.82 Å². The van der Waals surface area contributed by atoms with Gasteiger partial charge in [-0.25, -0.2) is 4.39 Å². The molecule has 1 aromatic carbocycles. The highest BCUT2D eigenvalue weighted by Crippen LogP contribution is 2.32. The Morgan fingerprint density at radius 1 is 1.30 bits per heavy atom. The van der Waals surface area contributed by atoms with Crippen LogP contribution in [-0.2, 0) is 6.18 Å². The summed E-state index contributed by atoms with van der Waals surface area (Å²) in [5.74, 6) is -0.649. The minimum Gasteiger partial charge on any atom is -0.380 e. The quantitative estimate of drug-likeness (QED) is 0.835. The second kappa shape index (κ2) is 5.60. The van der Waals surface area contributed by atoms with E-state index in [0.29, 0.717) is 6.04 Å². The van der Waals surface area contributed by atoms with Gasteiger partial charge in [0.2, 0.25) is 0 Å². The zero-order chi connectivity index (χ0) is 14.9. The molecule has 1 heterocycles. The zero-order valence-corrected chi connectivity index (χ0v) is 11.5. The zero-order valence-electron chi connectivity index (χ0n) is 11.5. The van der Waals surface area contributed by atoms with Gasteiger partial charge in [-0.2, -0.15) is 13.2 Å². The molecule has 0 aromatic heterocycles. The Hall–Kier alpha value is -1.30. The molecule has 1 aliphatic heterocycles. The molecule has 1 saturated heterocycles. The number of rotatable bonds is 2. The van der Waals surface area contributed by atoms with Crippen molar-refractivity contribution in [3.05, 3.63) is 29.6 Å². The smallest absolute Gasteiger partial charge is 0.380 e. The number of nitrogens with zero attached hydrogens (tertiary/aromatic N) is 1. The number of anilines is 1. The van der Waals surface area contributed by atoms with E-state index in [1.165, 1.54) is 0 Å². The van der Waals surface area contributed by atoms with E-state index in [-0.39, 0.29) is 11.7 Å². The van der Waals surface area contributed by atoms with Crippen LogP contribution in [0.1, 0.15) is 25.3 Å². The molecule has 1 aromatic rings. The van der Waals surface area contributed by atoms with Gasteiger partial charge in [-0.1, -0.05) is 0 Å². The number of alkyl halides is 3. The fourth-order valence-corrected chi connectivity index (χ4v) is 2.45. The van der Waals surface area contributed by atoms with Crippen LogP contribution in [0.25, 0.3) is 0 Å². The highest BCUT2D eigenvalue weighted by molar-refractivity contribution is 5.49. The van der Waals surface area contributed by atoms with E-state index in [2.05, 4.69) is 17.1 Å². The summed E-state index contributed by atoms with van der Waals surface area (Å²) in [5, 5.41) is 2.91. The number of likely N-dealkylation sites (tertiary alicyclic amines) is 1. The molecule has 2 unspecified atom stereocenters. The van der Waals surface area contributed by atoms with Crippen molar-refractivity contribution in [3.63, 3.8) is 0 Å². The largest absolute Gasteiger partial charge is 0.416 e. The molecular weight excluding hydrogens is 272 g/mol. The molecule has 0 spiro atoms. The van der Waals surface area contributed by atoms with Crippen molar-refractivity contribution in [1.82, 2.24) is 4.90 Å².